The highest BCUT2D eigenvalue weighted by molar-refractivity contribution is 8.01. The van der Waals surface area contributed by atoms with Crippen molar-refractivity contribution in [2.45, 2.75) is 50.8 Å². The maximum Gasteiger partial charge on any atom is 0.245 e. The molecule has 0 spiro atoms. The van der Waals surface area contributed by atoms with Crippen LogP contribution in [0.4, 0.5) is 0 Å². The minimum absolute atomic E-state index is 0.0890. The summed E-state index contributed by atoms with van der Waals surface area (Å²) < 4.78 is 4.67. The van der Waals surface area contributed by atoms with Crippen molar-refractivity contribution in [1.29, 1.82) is 0 Å². The van der Waals surface area contributed by atoms with Crippen molar-refractivity contribution in [3.8, 4) is 0 Å². The molecule has 2 rings (SSSR count). The van der Waals surface area contributed by atoms with Crippen molar-refractivity contribution in [3.05, 3.63) is 11.7 Å². The average molecular weight is 340 g/mol. The summed E-state index contributed by atoms with van der Waals surface area (Å²) in [6.07, 6.45) is 0.526. The molecule has 2 heterocycles. The number of amides is 2. The lowest BCUT2D eigenvalue weighted by atomic mass is 10.1. The van der Waals surface area contributed by atoms with E-state index in [2.05, 4.69) is 15.5 Å². The van der Waals surface area contributed by atoms with Crippen LogP contribution in [0.15, 0.2) is 4.52 Å². The predicted molar refractivity (Wildman–Crippen MR) is 88.2 cm³/mol. The normalized spacial score (nSPS) is 20.4. The second kappa shape index (κ2) is 6.90. The highest BCUT2D eigenvalue weighted by Gasteiger charge is 2.38. The molecule has 7 nitrogen and oxygen atoms in total. The summed E-state index contributed by atoms with van der Waals surface area (Å²) in [6, 6.07) is -0.470. The standard InChI is InChI=1S/C15H24N4O3S/c1-9(2)12-17-11(18-22-12)6-7-19(5)13(20)10-8-23-15(3,4)14(21)16-10/h9-10H,6-8H2,1-5H3,(H,16,21)/t10-/m0/s1. The number of likely N-dealkylation sites (N-methyl/N-ethyl adjacent to an activating group) is 1. The summed E-state index contributed by atoms with van der Waals surface area (Å²) in [7, 11) is 1.72. The number of thioether (sulfide) groups is 1. The zero-order valence-electron chi connectivity index (χ0n) is 14.3. The van der Waals surface area contributed by atoms with E-state index in [-0.39, 0.29) is 17.7 Å². The minimum Gasteiger partial charge on any atom is -0.343 e. The first-order valence-corrected chi connectivity index (χ1v) is 8.71. The third-order valence-electron chi connectivity index (χ3n) is 3.79. The molecule has 0 saturated carbocycles. The van der Waals surface area contributed by atoms with E-state index >= 15 is 0 Å². The van der Waals surface area contributed by atoms with Gasteiger partial charge in [-0.3, -0.25) is 9.59 Å². The lowest BCUT2D eigenvalue weighted by molar-refractivity contribution is -0.135. The molecule has 0 aromatic carbocycles. The van der Waals surface area contributed by atoms with Crippen molar-refractivity contribution in [1.82, 2.24) is 20.4 Å². The Morgan fingerprint density at radius 3 is 2.78 bits per heavy atom. The Morgan fingerprint density at radius 1 is 1.52 bits per heavy atom. The zero-order chi connectivity index (χ0) is 17.2. The fourth-order valence-electron chi connectivity index (χ4n) is 2.11. The van der Waals surface area contributed by atoms with Gasteiger partial charge < -0.3 is 14.7 Å². The second-order valence-corrected chi connectivity index (χ2v) is 8.20. The van der Waals surface area contributed by atoms with Gasteiger partial charge in [-0.25, -0.2) is 0 Å². The van der Waals surface area contributed by atoms with Crippen LogP contribution in [0.3, 0.4) is 0 Å². The summed E-state index contributed by atoms with van der Waals surface area (Å²) in [5, 5.41) is 6.72. The predicted octanol–water partition coefficient (Wildman–Crippen LogP) is 1.20. The number of carbonyl (C=O) groups is 2. The van der Waals surface area contributed by atoms with Gasteiger partial charge in [-0.2, -0.15) is 4.98 Å². The number of rotatable bonds is 5. The van der Waals surface area contributed by atoms with Crippen LogP contribution < -0.4 is 5.32 Å². The summed E-state index contributed by atoms with van der Waals surface area (Å²) in [5.74, 6) is 1.79. The molecule has 1 aromatic heterocycles. The monoisotopic (exact) mass is 340 g/mol. The van der Waals surface area contributed by atoms with Crippen LogP contribution in [0.2, 0.25) is 0 Å². The molecule has 1 aliphatic heterocycles. The molecule has 0 bridgehead atoms. The number of hydrogen-bond donors (Lipinski definition) is 1. The molecule has 0 unspecified atom stereocenters. The molecule has 1 aliphatic rings. The van der Waals surface area contributed by atoms with Crippen LogP contribution in [0, 0.1) is 0 Å². The van der Waals surface area contributed by atoms with Crippen LogP contribution in [-0.2, 0) is 16.0 Å². The van der Waals surface area contributed by atoms with Gasteiger partial charge in [-0.05, 0) is 13.8 Å². The first kappa shape index (κ1) is 17.8. The Hall–Kier alpha value is -1.57. The minimum atomic E-state index is -0.479. The van der Waals surface area contributed by atoms with E-state index < -0.39 is 10.8 Å². The highest BCUT2D eigenvalue weighted by atomic mass is 32.2. The van der Waals surface area contributed by atoms with Crippen LogP contribution in [-0.4, -0.2) is 57.0 Å². The topological polar surface area (TPSA) is 88.3 Å². The van der Waals surface area contributed by atoms with Crippen LogP contribution in [0.25, 0.3) is 0 Å². The number of carbonyl (C=O) groups excluding carboxylic acids is 2. The van der Waals surface area contributed by atoms with Gasteiger partial charge in [0.25, 0.3) is 0 Å². The van der Waals surface area contributed by atoms with E-state index in [9.17, 15) is 9.59 Å². The molecule has 8 heteroatoms. The average Bonchev–Trinajstić information content (AvgIpc) is 2.96. The Balaban J connectivity index is 1.86. The molecule has 1 N–H and O–H groups in total. The number of aromatic nitrogens is 2. The molecular weight excluding hydrogens is 316 g/mol. The largest absolute Gasteiger partial charge is 0.343 e. The first-order valence-electron chi connectivity index (χ1n) is 7.73. The Bertz CT molecular complexity index is 585. The third kappa shape index (κ3) is 4.25. The van der Waals surface area contributed by atoms with E-state index in [0.29, 0.717) is 30.4 Å². The number of nitrogens with zero attached hydrogens (tertiary/aromatic N) is 3. The Labute approximate surface area is 140 Å². The van der Waals surface area contributed by atoms with Gasteiger partial charge in [0, 0.05) is 31.7 Å². The van der Waals surface area contributed by atoms with Gasteiger partial charge in [0.1, 0.15) is 6.04 Å². The maximum atomic E-state index is 12.4. The van der Waals surface area contributed by atoms with Crippen molar-refractivity contribution < 1.29 is 14.1 Å². The second-order valence-electron chi connectivity index (χ2n) is 6.56. The molecule has 2 amide bonds. The van der Waals surface area contributed by atoms with E-state index in [1.165, 1.54) is 11.8 Å². The van der Waals surface area contributed by atoms with E-state index in [1.807, 2.05) is 27.7 Å². The van der Waals surface area contributed by atoms with Crippen molar-refractivity contribution in [3.63, 3.8) is 0 Å². The Kier molecular flexibility index (Phi) is 5.33. The molecular formula is C15H24N4O3S. The Morgan fingerprint density at radius 2 is 2.22 bits per heavy atom. The molecule has 1 atom stereocenters. The fourth-order valence-corrected chi connectivity index (χ4v) is 3.11. The van der Waals surface area contributed by atoms with Crippen LogP contribution in [0.5, 0.6) is 0 Å². The molecule has 1 saturated heterocycles. The van der Waals surface area contributed by atoms with Gasteiger partial charge in [0.15, 0.2) is 5.82 Å². The molecule has 0 aliphatic carbocycles. The summed E-state index contributed by atoms with van der Waals surface area (Å²) >= 11 is 1.50. The van der Waals surface area contributed by atoms with E-state index in [4.69, 9.17) is 4.52 Å². The lowest BCUT2D eigenvalue weighted by Gasteiger charge is -2.34. The zero-order valence-corrected chi connectivity index (χ0v) is 15.1. The van der Waals surface area contributed by atoms with E-state index in [0.717, 1.165) is 0 Å². The third-order valence-corrected chi connectivity index (χ3v) is 5.19. The van der Waals surface area contributed by atoms with Crippen molar-refractivity contribution in [2.75, 3.05) is 19.3 Å². The smallest absolute Gasteiger partial charge is 0.245 e. The molecule has 23 heavy (non-hydrogen) atoms. The summed E-state index contributed by atoms with van der Waals surface area (Å²) in [5.41, 5.74) is 0. The fraction of sp³-hybridized carbons (Fsp3) is 0.733. The maximum absolute atomic E-state index is 12.4. The van der Waals surface area contributed by atoms with Gasteiger partial charge in [0.05, 0.1) is 4.75 Å². The van der Waals surface area contributed by atoms with E-state index in [1.54, 1.807) is 11.9 Å². The summed E-state index contributed by atoms with van der Waals surface area (Å²) in [4.78, 5) is 30.3. The number of nitrogens with one attached hydrogen (secondary N) is 1. The van der Waals surface area contributed by atoms with Gasteiger partial charge in [0.2, 0.25) is 17.7 Å². The molecule has 1 aromatic rings. The van der Waals surface area contributed by atoms with Gasteiger partial charge in [-0.15, -0.1) is 11.8 Å². The molecule has 1 fully saturated rings. The lowest BCUT2D eigenvalue weighted by Crippen LogP contribution is -2.57. The molecule has 0 radical (unpaired) electrons. The van der Waals surface area contributed by atoms with Gasteiger partial charge >= 0.3 is 0 Å². The quantitative estimate of drug-likeness (QED) is 0.866. The highest BCUT2D eigenvalue weighted by Crippen LogP contribution is 2.29. The number of hydrogen-bond acceptors (Lipinski definition) is 6. The van der Waals surface area contributed by atoms with Crippen molar-refractivity contribution in [2.24, 2.45) is 0 Å². The first-order chi connectivity index (χ1) is 10.7. The summed E-state index contributed by atoms with van der Waals surface area (Å²) in [6.45, 7) is 8.17. The SMILES string of the molecule is CC(C)c1nc(CCN(C)C(=O)[C@@H]2CSC(C)(C)C(=O)N2)no1. The van der Waals surface area contributed by atoms with Crippen molar-refractivity contribution >= 4 is 23.6 Å². The van der Waals surface area contributed by atoms with Crippen LogP contribution >= 0.6 is 11.8 Å². The van der Waals surface area contributed by atoms with Gasteiger partial charge in [-0.1, -0.05) is 19.0 Å². The molecule has 128 valence electrons. The van der Waals surface area contributed by atoms with Crippen LogP contribution in [0.1, 0.15) is 45.3 Å².